The fourth-order valence-corrected chi connectivity index (χ4v) is 2.52. The van der Waals surface area contributed by atoms with Crippen LogP contribution < -0.4 is 10.6 Å². The lowest BCUT2D eigenvalue weighted by Gasteiger charge is -2.29. The minimum Gasteiger partial charge on any atom is -0.383 e. The Morgan fingerprint density at radius 3 is 2.67 bits per heavy atom. The van der Waals surface area contributed by atoms with Gasteiger partial charge in [0.2, 0.25) is 5.95 Å². The first-order chi connectivity index (χ1) is 8.63. The predicted molar refractivity (Wildman–Crippen MR) is 71.8 cm³/mol. The molecule has 18 heavy (non-hydrogen) atoms. The highest BCUT2D eigenvalue weighted by molar-refractivity contribution is 5.28. The Labute approximate surface area is 108 Å². The Bertz CT molecular complexity index is 382. The number of rotatable bonds is 5. The molecule has 0 amide bonds. The summed E-state index contributed by atoms with van der Waals surface area (Å²) in [6.45, 7) is 6.53. The Hall–Kier alpha value is -1.20. The highest BCUT2D eigenvalue weighted by Crippen LogP contribution is 2.20. The van der Waals surface area contributed by atoms with Gasteiger partial charge >= 0.3 is 0 Å². The van der Waals surface area contributed by atoms with Crippen LogP contribution >= 0.6 is 0 Å². The SMILES string of the molecule is COCC1(CNc2nc(C)cc(C)n2)CCCN1. The normalized spacial score (nSPS) is 23.3. The maximum Gasteiger partial charge on any atom is 0.223 e. The second kappa shape index (κ2) is 5.63. The molecule has 1 aliphatic heterocycles. The lowest BCUT2D eigenvalue weighted by atomic mass is 9.99. The molecule has 0 saturated carbocycles. The minimum absolute atomic E-state index is 0.0236. The third kappa shape index (κ3) is 3.17. The van der Waals surface area contributed by atoms with E-state index in [4.69, 9.17) is 4.74 Å². The van der Waals surface area contributed by atoms with E-state index < -0.39 is 0 Å². The van der Waals surface area contributed by atoms with Crippen molar-refractivity contribution in [1.29, 1.82) is 0 Å². The van der Waals surface area contributed by atoms with Crippen molar-refractivity contribution in [2.75, 3.05) is 32.1 Å². The Morgan fingerprint density at radius 1 is 1.39 bits per heavy atom. The Kier molecular flexibility index (Phi) is 4.14. The summed E-state index contributed by atoms with van der Waals surface area (Å²) in [5, 5.41) is 6.86. The van der Waals surface area contributed by atoms with Gasteiger partial charge in [-0.15, -0.1) is 0 Å². The van der Waals surface area contributed by atoms with Crippen LogP contribution in [0.4, 0.5) is 5.95 Å². The monoisotopic (exact) mass is 250 g/mol. The van der Waals surface area contributed by atoms with E-state index in [9.17, 15) is 0 Å². The molecule has 100 valence electrons. The number of hydrogen-bond donors (Lipinski definition) is 2. The first-order valence-corrected chi connectivity index (χ1v) is 6.44. The molecule has 1 aliphatic rings. The van der Waals surface area contributed by atoms with Crippen molar-refractivity contribution >= 4 is 5.95 Å². The van der Waals surface area contributed by atoms with Crippen molar-refractivity contribution in [3.8, 4) is 0 Å². The van der Waals surface area contributed by atoms with Gasteiger partial charge in [-0.05, 0) is 39.3 Å². The lowest BCUT2D eigenvalue weighted by molar-refractivity contribution is 0.127. The molecule has 1 aromatic heterocycles. The molecule has 1 unspecified atom stereocenters. The molecule has 1 saturated heterocycles. The van der Waals surface area contributed by atoms with Crippen LogP contribution in [-0.2, 0) is 4.74 Å². The highest BCUT2D eigenvalue weighted by atomic mass is 16.5. The summed E-state index contributed by atoms with van der Waals surface area (Å²) >= 11 is 0. The molecule has 0 bridgehead atoms. The van der Waals surface area contributed by atoms with Crippen LogP contribution in [0.5, 0.6) is 0 Å². The van der Waals surface area contributed by atoms with Gasteiger partial charge in [-0.2, -0.15) is 0 Å². The van der Waals surface area contributed by atoms with Crippen molar-refractivity contribution in [3.63, 3.8) is 0 Å². The van der Waals surface area contributed by atoms with E-state index in [1.807, 2.05) is 19.9 Å². The van der Waals surface area contributed by atoms with Crippen LogP contribution in [0.15, 0.2) is 6.07 Å². The second-order valence-corrected chi connectivity index (χ2v) is 5.07. The van der Waals surface area contributed by atoms with Crippen LogP contribution in [0.3, 0.4) is 0 Å². The predicted octanol–water partition coefficient (Wildman–Crippen LogP) is 1.27. The molecule has 2 heterocycles. The van der Waals surface area contributed by atoms with Crippen LogP contribution in [0.25, 0.3) is 0 Å². The Morgan fingerprint density at radius 2 is 2.11 bits per heavy atom. The zero-order valence-corrected chi connectivity index (χ0v) is 11.4. The molecule has 0 radical (unpaired) electrons. The molecule has 0 spiro atoms. The molecule has 2 rings (SSSR count). The van der Waals surface area contributed by atoms with Gasteiger partial charge in [0.05, 0.1) is 12.1 Å². The number of ether oxygens (including phenoxy) is 1. The van der Waals surface area contributed by atoms with Gasteiger partial charge in [0.1, 0.15) is 0 Å². The zero-order valence-electron chi connectivity index (χ0n) is 11.4. The quantitative estimate of drug-likeness (QED) is 0.824. The molecule has 2 N–H and O–H groups in total. The van der Waals surface area contributed by atoms with Gasteiger partial charge < -0.3 is 15.4 Å². The van der Waals surface area contributed by atoms with Gasteiger partial charge in [-0.25, -0.2) is 9.97 Å². The van der Waals surface area contributed by atoms with Gasteiger partial charge in [0, 0.05) is 25.0 Å². The third-order valence-electron chi connectivity index (χ3n) is 3.32. The molecule has 0 aromatic carbocycles. The van der Waals surface area contributed by atoms with Crippen LogP contribution in [-0.4, -0.2) is 42.3 Å². The topological polar surface area (TPSA) is 59.1 Å². The number of anilines is 1. The van der Waals surface area contributed by atoms with Gasteiger partial charge in [0.25, 0.3) is 0 Å². The summed E-state index contributed by atoms with van der Waals surface area (Å²) in [6, 6.07) is 1.98. The standard InChI is InChI=1S/C13H22N4O/c1-10-7-11(2)17-12(16-10)14-8-13(9-18-3)5-4-6-15-13/h7,15H,4-6,8-9H2,1-3H3,(H,14,16,17). The summed E-state index contributed by atoms with van der Waals surface area (Å²) in [4.78, 5) is 8.79. The van der Waals surface area contributed by atoms with Crippen molar-refractivity contribution in [2.24, 2.45) is 0 Å². The van der Waals surface area contributed by atoms with Crippen LogP contribution in [0, 0.1) is 13.8 Å². The first-order valence-electron chi connectivity index (χ1n) is 6.44. The third-order valence-corrected chi connectivity index (χ3v) is 3.32. The van der Waals surface area contributed by atoms with E-state index in [1.165, 1.54) is 6.42 Å². The van der Waals surface area contributed by atoms with Crippen molar-refractivity contribution in [2.45, 2.75) is 32.2 Å². The molecular formula is C13H22N4O. The van der Waals surface area contributed by atoms with Gasteiger partial charge in [-0.3, -0.25) is 0 Å². The molecule has 5 heteroatoms. The fourth-order valence-electron chi connectivity index (χ4n) is 2.52. The maximum absolute atomic E-state index is 5.32. The summed E-state index contributed by atoms with van der Waals surface area (Å²) in [7, 11) is 1.75. The van der Waals surface area contributed by atoms with E-state index in [-0.39, 0.29) is 5.54 Å². The van der Waals surface area contributed by atoms with Crippen LogP contribution in [0.1, 0.15) is 24.2 Å². The number of hydrogen-bond acceptors (Lipinski definition) is 5. The van der Waals surface area contributed by atoms with Crippen molar-refractivity contribution in [1.82, 2.24) is 15.3 Å². The zero-order chi connectivity index (χ0) is 13.0. The number of aromatic nitrogens is 2. The van der Waals surface area contributed by atoms with E-state index in [0.717, 1.165) is 30.9 Å². The van der Waals surface area contributed by atoms with E-state index in [0.29, 0.717) is 12.6 Å². The van der Waals surface area contributed by atoms with Crippen LogP contribution in [0.2, 0.25) is 0 Å². The highest BCUT2D eigenvalue weighted by Gasteiger charge is 2.33. The van der Waals surface area contributed by atoms with E-state index in [2.05, 4.69) is 20.6 Å². The number of aryl methyl sites for hydroxylation is 2. The van der Waals surface area contributed by atoms with Crippen molar-refractivity contribution in [3.05, 3.63) is 17.5 Å². The molecule has 1 aromatic rings. The largest absolute Gasteiger partial charge is 0.383 e. The Balaban J connectivity index is 2.00. The summed E-state index contributed by atoms with van der Waals surface area (Å²) in [5.41, 5.74) is 2.01. The molecule has 1 fully saturated rings. The average Bonchev–Trinajstić information content (AvgIpc) is 2.75. The number of nitrogens with one attached hydrogen (secondary N) is 2. The smallest absolute Gasteiger partial charge is 0.223 e. The summed E-state index contributed by atoms with van der Waals surface area (Å²) in [5.74, 6) is 0.705. The summed E-state index contributed by atoms with van der Waals surface area (Å²) in [6.07, 6.45) is 2.32. The van der Waals surface area contributed by atoms with Gasteiger partial charge in [0.15, 0.2) is 0 Å². The van der Waals surface area contributed by atoms with E-state index >= 15 is 0 Å². The fraction of sp³-hybridized carbons (Fsp3) is 0.692. The molecule has 0 aliphatic carbocycles. The molecule has 5 nitrogen and oxygen atoms in total. The second-order valence-electron chi connectivity index (χ2n) is 5.07. The summed E-state index contributed by atoms with van der Waals surface area (Å²) < 4.78 is 5.32. The average molecular weight is 250 g/mol. The number of nitrogens with zero attached hydrogens (tertiary/aromatic N) is 2. The molecule has 1 atom stereocenters. The lowest BCUT2D eigenvalue weighted by Crippen LogP contribution is -2.49. The number of methoxy groups -OCH3 is 1. The maximum atomic E-state index is 5.32. The van der Waals surface area contributed by atoms with Crippen molar-refractivity contribution < 1.29 is 4.74 Å². The minimum atomic E-state index is 0.0236. The first kappa shape index (κ1) is 13.2. The molecular weight excluding hydrogens is 228 g/mol. The van der Waals surface area contributed by atoms with E-state index in [1.54, 1.807) is 7.11 Å². The van der Waals surface area contributed by atoms with Gasteiger partial charge in [-0.1, -0.05) is 0 Å².